The van der Waals surface area contributed by atoms with Crippen LogP contribution in [0.25, 0.3) is 39.1 Å². The van der Waals surface area contributed by atoms with Crippen molar-refractivity contribution in [1.82, 2.24) is 9.97 Å². The molecule has 3 heterocycles. The van der Waals surface area contributed by atoms with Crippen molar-refractivity contribution >= 4 is 33.4 Å². The van der Waals surface area contributed by atoms with Gasteiger partial charge in [-0.3, -0.25) is 0 Å². The minimum atomic E-state index is -2.62. The van der Waals surface area contributed by atoms with Gasteiger partial charge >= 0.3 is 246 Å². The van der Waals surface area contributed by atoms with Crippen LogP contribution in [0.5, 0.6) is 0 Å². The summed E-state index contributed by atoms with van der Waals surface area (Å²) in [6.07, 6.45) is 4.21. The molecule has 2 aromatic heterocycles. The van der Waals surface area contributed by atoms with Gasteiger partial charge in [-0.1, -0.05) is 0 Å². The molecule has 39 heavy (non-hydrogen) atoms. The van der Waals surface area contributed by atoms with Crippen LogP contribution in [-0.4, -0.2) is 23.2 Å². The van der Waals surface area contributed by atoms with Crippen LogP contribution in [0.15, 0.2) is 103 Å². The monoisotopic (exact) mass is 613 g/mol. The molecule has 0 N–H and O–H groups in total. The van der Waals surface area contributed by atoms with Crippen molar-refractivity contribution in [2.75, 3.05) is 0 Å². The SMILES string of the molecule is CC[CH2][Ge]1([CH2]CC)[c]2ccc(-c3[c-]c(-c4ccccn4)ccc3)nc2-c2c([N-]c3ccccc3)ccc[c]21.[Ni+2]. The summed E-state index contributed by atoms with van der Waals surface area (Å²) in [7, 11) is 0. The van der Waals surface area contributed by atoms with Crippen molar-refractivity contribution < 1.29 is 16.5 Å². The van der Waals surface area contributed by atoms with Crippen molar-refractivity contribution in [3.8, 4) is 33.8 Å². The number of nitrogens with zero attached hydrogens (tertiary/aromatic N) is 3. The maximum atomic E-state index is 5.40. The molecule has 1 aliphatic rings. The number of rotatable bonds is 8. The zero-order chi connectivity index (χ0) is 26.0. The smallest absolute Gasteiger partial charge is 2.00 e. The fourth-order valence-electron chi connectivity index (χ4n) is 6.06. The average molecular weight is 613 g/mol. The Kier molecular flexibility index (Phi) is 8.35. The molecule has 0 atom stereocenters. The molecule has 3 aromatic carbocycles. The average Bonchev–Trinajstić information content (AvgIpc) is 3.24. The standard InChI is InChI=1S/C34H31GeN3.Ni/c1-3-21-35(22-4-2)28-16-11-18-32(37-27-14-6-5-7-15-27)33(28)34-29(35)19-20-31(38-34)26-13-10-12-25(24-26)30-17-8-9-23-36-30;/h5-20,23H,3-4,21-22H2,1-2H3;/q-2;+2. The number of aromatic nitrogens is 2. The van der Waals surface area contributed by atoms with E-state index in [4.69, 9.17) is 10.3 Å². The Balaban J connectivity index is 0.00000308. The first-order valence-electron chi connectivity index (χ1n) is 13.6. The minimum Gasteiger partial charge on any atom is 2.00 e. The van der Waals surface area contributed by atoms with Crippen LogP contribution in [-0.2, 0) is 16.5 Å². The van der Waals surface area contributed by atoms with E-state index in [1.807, 2.05) is 42.6 Å². The Morgan fingerprint density at radius 1 is 0.692 bits per heavy atom. The number of benzene rings is 3. The van der Waals surface area contributed by atoms with E-state index in [1.54, 1.807) is 4.40 Å². The molecule has 5 heteroatoms. The molecule has 0 bridgehead atoms. The van der Waals surface area contributed by atoms with Crippen LogP contribution in [0.3, 0.4) is 0 Å². The van der Waals surface area contributed by atoms with Crippen LogP contribution >= 0.6 is 0 Å². The molecule has 0 saturated carbocycles. The number of para-hydroxylation sites is 1. The molecule has 0 fully saturated rings. The van der Waals surface area contributed by atoms with E-state index in [0.29, 0.717) is 0 Å². The van der Waals surface area contributed by atoms with E-state index in [2.05, 4.69) is 85.6 Å². The van der Waals surface area contributed by atoms with Gasteiger partial charge in [0.1, 0.15) is 0 Å². The molecule has 196 valence electrons. The Labute approximate surface area is 244 Å². The Morgan fingerprint density at radius 3 is 2.13 bits per heavy atom. The van der Waals surface area contributed by atoms with Crippen molar-refractivity contribution in [2.24, 2.45) is 0 Å². The molecule has 3 nitrogen and oxygen atoms in total. The predicted molar refractivity (Wildman–Crippen MR) is 162 cm³/mol. The molecule has 0 saturated heterocycles. The molecule has 0 amide bonds. The molecule has 5 aromatic rings. The number of pyridine rings is 2. The summed E-state index contributed by atoms with van der Waals surface area (Å²) < 4.78 is 3.07. The van der Waals surface area contributed by atoms with Gasteiger partial charge in [0.2, 0.25) is 0 Å². The first-order chi connectivity index (χ1) is 18.7. The van der Waals surface area contributed by atoms with E-state index < -0.39 is 13.3 Å². The third-order valence-electron chi connectivity index (χ3n) is 7.58. The van der Waals surface area contributed by atoms with Crippen molar-refractivity contribution in [3.05, 3.63) is 115 Å². The van der Waals surface area contributed by atoms with Crippen LogP contribution in [0, 0.1) is 6.07 Å². The maximum absolute atomic E-state index is 5.40. The molecular formula is C34H31GeN3Ni. The summed E-state index contributed by atoms with van der Waals surface area (Å²) in [5.74, 6) is 0. The van der Waals surface area contributed by atoms with Gasteiger partial charge < -0.3 is 0 Å². The molecule has 6 rings (SSSR count). The minimum absolute atomic E-state index is 0. The summed E-state index contributed by atoms with van der Waals surface area (Å²) in [5.41, 5.74) is 8.26. The van der Waals surface area contributed by atoms with Gasteiger partial charge in [-0.15, -0.1) is 0 Å². The van der Waals surface area contributed by atoms with Crippen LogP contribution in [0.4, 0.5) is 11.4 Å². The summed E-state index contributed by atoms with van der Waals surface area (Å²) >= 11 is -2.62. The van der Waals surface area contributed by atoms with E-state index in [9.17, 15) is 0 Å². The van der Waals surface area contributed by atoms with Gasteiger partial charge in [0.15, 0.2) is 0 Å². The van der Waals surface area contributed by atoms with E-state index in [0.717, 1.165) is 39.6 Å². The van der Waals surface area contributed by atoms with Crippen LogP contribution < -0.4 is 8.79 Å². The van der Waals surface area contributed by atoms with Crippen LogP contribution in [0.1, 0.15) is 26.7 Å². The first kappa shape index (κ1) is 27.4. The Morgan fingerprint density at radius 2 is 1.41 bits per heavy atom. The number of hydrogen-bond acceptors (Lipinski definition) is 2. The molecule has 1 aliphatic heterocycles. The van der Waals surface area contributed by atoms with Gasteiger partial charge in [-0.05, 0) is 0 Å². The van der Waals surface area contributed by atoms with E-state index >= 15 is 0 Å². The second-order valence-corrected chi connectivity index (χ2v) is 18.9. The Bertz CT molecular complexity index is 1560. The second-order valence-electron chi connectivity index (χ2n) is 10.0. The third kappa shape index (κ3) is 5.08. The second kappa shape index (κ2) is 11.9. The van der Waals surface area contributed by atoms with Crippen molar-refractivity contribution in [3.63, 3.8) is 0 Å². The summed E-state index contributed by atoms with van der Waals surface area (Å²) in [4.78, 5) is 9.92. The molecule has 0 radical (unpaired) electrons. The number of fused-ring (bicyclic) bond motifs is 3. The summed E-state index contributed by atoms with van der Waals surface area (Å²) in [5, 5.41) is 7.69. The normalized spacial score (nSPS) is 12.8. The molecular weight excluding hydrogens is 582 g/mol. The molecule has 0 unspecified atom stereocenters. The maximum Gasteiger partial charge on any atom is 2.00 e. The molecule has 0 spiro atoms. The molecule has 0 aliphatic carbocycles. The summed E-state index contributed by atoms with van der Waals surface area (Å²) in [6.45, 7) is 4.66. The first-order valence-corrected chi connectivity index (χ1v) is 18.7. The van der Waals surface area contributed by atoms with E-state index in [-0.39, 0.29) is 16.5 Å². The predicted octanol–water partition coefficient (Wildman–Crippen LogP) is 8.31. The van der Waals surface area contributed by atoms with Crippen molar-refractivity contribution in [2.45, 2.75) is 37.2 Å². The zero-order valence-corrected chi connectivity index (χ0v) is 25.4. The van der Waals surface area contributed by atoms with Gasteiger partial charge in [-0.2, -0.15) is 0 Å². The van der Waals surface area contributed by atoms with Gasteiger partial charge in [0, 0.05) is 0 Å². The Hall–Kier alpha value is -3.20. The summed E-state index contributed by atoms with van der Waals surface area (Å²) in [6, 6.07) is 37.5. The van der Waals surface area contributed by atoms with Crippen molar-refractivity contribution in [1.29, 1.82) is 0 Å². The fourth-order valence-corrected chi connectivity index (χ4v) is 17.6. The van der Waals surface area contributed by atoms with Gasteiger partial charge in [0.25, 0.3) is 0 Å². The zero-order valence-electron chi connectivity index (χ0n) is 22.3. The van der Waals surface area contributed by atoms with E-state index in [1.165, 1.54) is 33.3 Å². The topological polar surface area (TPSA) is 39.9 Å². The van der Waals surface area contributed by atoms with Crippen LogP contribution in [0.2, 0.25) is 10.5 Å². The quantitative estimate of drug-likeness (QED) is 0.131. The largest absolute Gasteiger partial charge is 2.00 e. The fraction of sp³-hybridized carbons (Fsp3) is 0.176. The van der Waals surface area contributed by atoms with Gasteiger partial charge in [-0.25, -0.2) is 0 Å². The van der Waals surface area contributed by atoms with Gasteiger partial charge in [0.05, 0.1) is 0 Å². The third-order valence-corrected chi connectivity index (χ3v) is 19.3. The number of hydrogen-bond donors (Lipinski definition) is 0.